The van der Waals surface area contributed by atoms with Gasteiger partial charge in [-0.3, -0.25) is 4.79 Å². The molecule has 1 aliphatic rings. The third kappa shape index (κ3) is 3.80. The van der Waals surface area contributed by atoms with Gasteiger partial charge in [-0.1, -0.05) is 30.3 Å². The standard InChI is InChI=1S/C21H21N3O2S/c1-24(2)21-23-18-13-22-19(25)12-17(20(18)27-21)14-7-6-10-16(11-14)26-15-8-4-3-5-9-15/h3-11,17H,12-13H2,1-2H3,(H,22,25). The molecule has 0 spiro atoms. The van der Waals surface area contributed by atoms with E-state index < -0.39 is 0 Å². The fraction of sp³-hybridized carbons (Fsp3) is 0.238. The van der Waals surface area contributed by atoms with Gasteiger partial charge in [0.05, 0.1) is 12.2 Å². The molecular formula is C21H21N3O2S. The third-order valence-corrected chi connectivity index (χ3v) is 5.88. The summed E-state index contributed by atoms with van der Waals surface area (Å²) in [7, 11) is 3.97. The highest BCUT2D eigenvalue weighted by atomic mass is 32.1. The summed E-state index contributed by atoms with van der Waals surface area (Å²) >= 11 is 1.65. The van der Waals surface area contributed by atoms with Gasteiger partial charge in [0.15, 0.2) is 5.13 Å². The van der Waals surface area contributed by atoms with Crippen LogP contribution >= 0.6 is 11.3 Å². The van der Waals surface area contributed by atoms with Crippen LogP contribution < -0.4 is 15.0 Å². The van der Waals surface area contributed by atoms with Crippen LogP contribution in [0.5, 0.6) is 11.5 Å². The molecule has 4 rings (SSSR count). The van der Waals surface area contributed by atoms with Crippen molar-refractivity contribution in [2.45, 2.75) is 18.9 Å². The van der Waals surface area contributed by atoms with E-state index in [1.165, 1.54) is 0 Å². The summed E-state index contributed by atoms with van der Waals surface area (Å²) in [4.78, 5) is 20.1. The van der Waals surface area contributed by atoms with Gasteiger partial charge in [0.1, 0.15) is 11.5 Å². The van der Waals surface area contributed by atoms with E-state index in [4.69, 9.17) is 9.72 Å². The largest absolute Gasteiger partial charge is 0.457 e. The van der Waals surface area contributed by atoms with Crippen molar-refractivity contribution in [3.05, 3.63) is 70.7 Å². The van der Waals surface area contributed by atoms with Crippen LogP contribution in [-0.4, -0.2) is 25.0 Å². The third-order valence-electron chi connectivity index (χ3n) is 4.50. The normalized spacial score (nSPS) is 16.2. The van der Waals surface area contributed by atoms with Gasteiger partial charge < -0.3 is 15.0 Å². The number of rotatable bonds is 4. The van der Waals surface area contributed by atoms with Crippen LogP contribution in [0.25, 0.3) is 0 Å². The number of aromatic nitrogens is 1. The minimum Gasteiger partial charge on any atom is -0.457 e. The smallest absolute Gasteiger partial charge is 0.221 e. The zero-order valence-electron chi connectivity index (χ0n) is 15.3. The van der Waals surface area contributed by atoms with E-state index in [-0.39, 0.29) is 11.8 Å². The Kier molecular flexibility index (Phi) is 4.81. The lowest BCUT2D eigenvalue weighted by Gasteiger charge is -2.15. The maximum absolute atomic E-state index is 12.3. The monoisotopic (exact) mass is 379 g/mol. The van der Waals surface area contributed by atoms with E-state index in [0.29, 0.717) is 13.0 Å². The minimum absolute atomic E-state index is 0.0203. The van der Waals surface area contributed by atoms with Crippen LogP contribution in [0, 0.1) is 0 Å². The molecule has 2 aromatic carbocycles. The van der Waals surface area contributed by atoms with Gasteiger partial charge in [0.25, 0.3) is 0 Å². The zero-order chi connectivity index (χ0) is 18.8. The molecule has 1 N–H and O–H groups in total. The summed E-state index contributed by atoms with van der Waals surface area (Å²) < 4.78 is 5.98. The first-order valence-electron chi connectivity index (χ1n) is 8.86. The first-order valence-corrected chi connectivity index (χ1v) is 9.68. The van der Waals surface area contributed by atoms with E-state index in [9.17, 15) is 4.79 Å². The van der Waals surface area contributed by atoms with Crippen LogP contribution in [0.3, 0.4) is 0 Å². The first-order chi connectivity index (χ1) is 13.1. The lowest BCUT2D eigenvalue weighted by molar-refractivity contribution is -0.121. The summed E-state index contributed by atoms with van der Waals surface area (Å²) in [5.74, 6) is 1.59. The number of nitrogens with zero attached hydrogens (tertiary/aromatic N) is 2. The second-order valence-electron chi connectivity index (χ2n) is 6.72. The van der Waals surface area contributed by atoms with Crippen molar-refractivity contribution in [2.24, 2.45) is 0 Å². The second-order valence-corrected chi connectivity index (χ2v) is 7.73. The van der Waals surface area contributed by atoms with E-state index in [1.54, 1.807) is 11.3 Å². The first kappa shape index (κ1) is 17.5. The van der Waals surface area contributed by atoms with E-state index >= 15 is 0 Å². The lowest BCUT2D eigenvalue weighted by Crippen LogP contribution is -2.21. The maximum Gasteiger partial charge on any atom is 0.221 e. The molecule has 0 saturated heterocycles. The van der Waals surface area contributed by atoms with Gasteiger partial charge in [0, 0.05) is 31.3 Å². The number of nitrogens with one attached hydrogen (secondary N) is 1. The lowest BCUT2D eigenvalue weighted by atomic mass is 9.93. The highest BCUT2D eigenvalue weighted by molar-refractivity contribution is 7.15. The molecule has 0 fully saturated rings. The molecule has 2 heterocycles. The highest BCUT2D eigenvalue weighted by Gasteiger charge is 2.28. The van der Waals surface area contributed by atoms with E-state index in [0.717, 1.165) is 32.8 Å². The number of thiazole rings is 1. The Hall–Kier alpha value is -2.86. The number of anilines is 1. The Morgan fingerprint density at radius 2 is 1.89 bits per heavy atom. The molecule has 1 amide bonds. The number of benzene rings is 2. The average molecular weight is 379 g/mol. The van der Waals surface area contributed by atoms with Gasteiger partial charge >= 0.3 is 0 Å². The number of hydrogen-bond acceptors (Lipinski definition) is 5. The number of fused-ring (bicyclic) bond motifs is 1. The second kappa shape index (κ2) is 7.40. The van der Waals surface area contributed by atoms with Gasteiger partial charge in [0.2, 0.25) is 5.91 Å². The van der Waals surface area contributed by atoms with E-state index in [2.05, 4.69) is 11.4 Å². The summed E-state index contributed by atoms with van der Waals surface area (Å²) in [6.45, 7) is 0.481. The van der Waals surface area contributed by atoms with Gasteiger partial charge in [-0.25, -0.2) is 4.98 Å². The molecule has 0 bridgehead atoms. The molecule has 1 aromatic heterocycles. The number of para-hydroxylation sites is 1. The number of carbonyl (C=O) groups excluding carboxylic acids is 1. The molecule has 1 unspecified atom stereocenters. The quantitative estimate of drug-likeness (QED) is 0.740. The molecular weight excluding hydrogens is 358 g/mol. The van der Waals surface area contributed by atoms with Crippen molar-refractivity contribution in [3.8, 4) is 11.5 Å². The van der Waals surface area contributed by atoms with Crippen molar-refractivity contribution >= 4 is 22.4 Å². The minimum atomic E-state index is -0.0203. The summed E-state index contributed by atoms with van der Waals surface area (Å²) in [5.41, 5.74) is 2.02. The Morgan fingerprint density at radius 1 is 1.11 bits per heavy atom. The summed E-state index contributed by atoms with van der Waals surface area (Å²) in [5, 5.41) is 3.92. The molecule has 0 aliphatic carbocycles. The van der Waals surface area contributed by atoms with Crippen molar-refractivity contribution in [2.75, 3.05) is 19.0 Å². The molecule has 5 nitrogen and oxygen atoms in total. The highest BCUT2D eigenvalue weighted by Crippen LogP contribution is 2.39. The zero-order valence-corrected chi connectivity index (χ0v) is 16.1. The SMILES string of the molecule is CN(C)c1nc2c(s1)C(c1cccc(Oc3ccccc3)c1)CC(=O)NC2. The molecule has 138 valence electrons. The van der Waals surface area contributed by atoms with E-state index in [1.807, 2.05) is 67.5 Å². The summed E-state index contributed by atoms with van der Waals surface area (Å²) in [6, 6.07) is 17.7. The van der Waals surface area contributed by atoms with Crippen LogP contribution in [0.1, 0.15) is 28.5 Å². The number of ether oxygens (including phenoxy) is 1. The molecule has 0 saturated carbocycles. The molecule has 6 heteroatoms. The number of amides is 1. The number of carbonyl (C=O) groups is 1. The molecule has 1 atom stereocenters. The van der Waals surface area contributed by atoms with Crippen LogP contribution in [0.4, 0.5) is 5.13 Å². The van der Waals surface area contributed by atoms with Crippen molar-refractivity contribution < 1.29 is 9.53 Å². The molecule has 3 aromatic rings. The van der Waals surface area contributed by atoms with Gasteiger partial charge in [-0.2, -0.15) is 0 Å². The maximum atomic E-state index is 12.3. The molecule has 27 heavy (non-hydrogen) atoms. The molecule has 0 radical (unpaired) electrons. The van der Waals surface area contributed by atoms with Crippen molar-refractivity contribution in [3.63, 3.8) is 0 Å². The van der Waals surface area contributed by atoms with Crippen LogP contribution in [0.2, 0.25) is 0 Å². The predicted molar refractivity (Wildman–Crippen MR) is 108 cm³/mol. The summed E-state index contributed by atoms with van der Waals surface area (Å²) in [6.07, 6.45) is 0.414. The Morgan fingerprint density at radius 3 is 2.67 bits per heavy atom. The topological polar surface area (TPSA) is 54.5 Å². The average Bonchev–Trinajstić information content (AvgIpc) is 3.03. The van der Waals surface area contributed by atoms with Crippen molar-refractivity contribution in [1.29, 1.82) is 0 Å². The van der Waals surface area contributed by atoms with Crippen molar-refractivity contribution in [1.82, 2.24) is 10.3 Å². The fourth-order valence-corrected chi connectivity index (χ4v) is 4.29. The van der Waals surface area contributed by atoms with Crippen LogP contribution in [0.15, 0.2) is 54.6 Å². The van der Waals surface area contributed by atoms with Gasteiger partial charge in [-0.15, -0.1) is 11.3 Å². The Labute approximate surface area is 162 Å². The Balaban J connectivity index is 1.69. The number of hydrogen-bond donors (Lipinski definition) is 1. The molecule has 1 aliphatic heterocycles. The van der Waals surface area contributed by atoms with Crippen LogP contribution in [-0.2, 0) is 11.3 Å². The predicted octanol–water partition coefficient (Wildman–Crippen LogP) is 4.15. The fourth-order valence-electron chi connectivity index (χ4n) is 3.16. The Bertz CT molecular complexity index is 953. The van der Waals surface area contributed by atoms with Gasteiger partial charge in [-0.05, 0) is 29.8 Å².